The largest absolute Gasteiger partial charge is 0.306 e. The molecule has 2 rings (SSSR count). The molecule has 1 heterocycles. The summed E-state index contributed by atoms with van der Waals surface area (Å²) in [5.41, 5.74) is 0.931. The molecule has 17 heavy (non-hydrogen) atoms. The predicted molar refractivity (Wildman–Crippen MR) is 80.4 cm³/mol. The highest BCUT2D eigenvalue weighted by Gasteiger charge is 2.35. The topological polar surface area (TPSA) is 27.0 Å². The maximum absolute atomic E-state index is 9.48. The SMILES string of the molecule is CN1CCC(C#N)(c2ccc(I)cc2)CC1.Cl. The van der Waals surface area contributed by atoms with Crippen LogP contribution in [0.15, 0.2) is 24.3 Å². The minimum absolute atomic E-state index is 0. The Morgan fingerprint density at radius 2 is 1.76 bits per heavy atom. The lowest BCUT2D eigenvalue weighted by atomic mass is 9.74. The number of hydrogen-bond acceptors (Lipinski definition) is 2. The Labute approximate surface area is 123 Å². The van der Waals surface area contributed by atoms with Crippen LogP contribution in [0.3, 0.4) is 0 Å². The average Bonchev–Trinajstić information content (AvgIpc) is 2.32. The molecule has 1 fully saturated rings. The minimum atomic E-state index is -0.253. The molecule has 0 atom stereocenters. The first-order chi connectivity index (χ1) is 7.66. The number of likely N-dealkylation sites (tertiary alicyclic amines) is 1. The first-order valence-electron chi connectivity index (χ1n) is 5.52. The summed E-state index contributed by atoms with van der Waals surface area (Å²) >= 11 is 2.30. The maximum atomic E-state index is 9.48. The lowest BCUT2D eigenvalue weighted by Crippen LogP contribution is -2.39. The van der Waals surface area contributed by atoms with E-state index in [1.54, 1.807) is 0 Å². The van der Waals surface area contributed by atoms with Gasteiger partial charge in [-0.25, -0.2) is 0 Å². The second kappa shape index (κ2) is 6.03. The molecule has 0 aromatic heterocycles. The normalized spacial score (nSPS) is 19.1. The number of piperidine rings is 1. The van der Waals surface area contributed by atoms with Crippen molar-refractivity contribution in [3.8, 4) is 6.07 Å². The van der Waals surface area contributed by atoms with Crippen molar-refractivity contribution < 1.29 is 0 Å². The Kier molecular flexibility index (Phi) is 5.23. The van der Waals surface area contributed by atoms with Gasteiger partial charge in [0.25, 0.3) is 0 Å². The standard InChI is InChI=1S/C13H15IN2.ClH/c1-16-8-6-13(10-15,7-9-16)11-2-4-12(14)5-3-11;/h2-5H,6-9H2,1H3;1H. The highest BCUT2D eigenvalue weighted by atomic mass is 127. The Morgan fingerprint density at radius 3 is 2.24 bits per heavy atom. The molecule has 0 saturated carbocycles. The highest BCUT2D eigenvalue weighted by Crippen LogP contribution is 2.34. The summed E-state index contributed by atoms with van der Waals surface area (Å²) in [5.74, 6) is 0. The first kappa shape index (κ1) is 14.7. The van der Waals surface area contributed by atoms with E-state index in [9.17, 15) is 5.26 Å². The average molecular weight is 363 g/mol. The molecule has 0 radical (unpaired) electrons. The van der Waals surface area contributed by atoms with Crippen LogP contribution < -0.4 is 0 Å². The van der Waals surface area contributed by atoms with E-state index in [0.717, 1.165) is 25.9 Å². The van der Waals surface area contributed by atoms with Crippen molar-refractivity contribution >= 4 is 35.0 Å². The second-order valence-corrected chi connectivity index (χ2v) is 5.75. The van der Waals surface area contributed by atoms with Gasteiger partial charge in [-0.1, -0.05) is 12.1 Å². The zero-order valence-corrected chi connectivity index (χ0v) is 12.8. The van der Waals surface area contributed by atoms with Gasteiger partial charge >= 0.3 is 0 Å². The zero-order valence-electron chi connectivity index (χ0n) is 9.82. The van der Waals surface area contributed by atoms with E-state index >= 15 is 0 Å². The predicted octanol–water partition coefficient (Wildman–Crippen LogP) is 3.20. The van der Waals surface area contributed by atoms with E-state index in [1.807, 2.05) is 0 Å². The number of hydrogen-bond donors (Lipinski definition) is 0. The Morgan fingerprint density at radius 1 is 1.24 bits per heavy atom. The molecule has 1 aromatic rings. The van der Waals surface area contributed by atoms with E-state index in [1.165, 1.54) is 9.13 Å². The molecule has 1 aliphatic rings. The van der Waals surface area contributed by atoms with Crippen LogP contribution in [0.25, 0.3) is 0 Å². The third-order valence-electron chi connectivity index (χ3n) is 3.45. The lowest BCUT2D eigenvalue weighted by Gasteiger charge is -2.35. The number of benzene rings is 1. The van der Waals surface area contributed by atoms with Gasteiger partial charge in [-0.15, -0.1) is 12.4 Å². The molecular formula is C13H16ClIN2. The molecule has 1 aromatic carbocycles. The third-order valence-corrected chi connectivity index (χ3v) is 4.17. The number of nitriles is 1. The van der Waals surface area contributed by atoms with Gasteiger partial charge in [-0.3, -0.25) is 0 Å². The van der Waals surface area contributed by atoms with Crippen molar-refractivity contribution in [2.24, 2.45) is 0 Å². The third kappa shape index (κ3) is 3.12. The van der Waals surface area contributed by atoms with Crippen LogP contribution in [0.2, 0.25) is 0 Å². The fourth-order valence-corrected chi connectivity index (χ4v) is 2.59. The molecule has 0 amide bonds. The molecule has 0 aliphatic carbocycles. The van der Waals surface area contributed by atoms with Gasteiger partial charge in [0, 0.05) is 3.57 Å². The van der Waals surface area contributed by atoms with E-state index in [0.29, 0.717) is 0 Å². The van der Waals surface area contributed by atoms with E-state index in [2.05, 4.69) is 64.9 Å². The van der Waals surface area contributed by atoms with Crippen molar-refractivity contribution in [2.75, 3.05) is 20.1 Å². The Bertz CT molecular complexity index is 402. The van der Waals surface area contributed by atoms with Gasteiger partial charge in [0.1, 0.15) is 0 Å². The van der Waals surface area contributed by atoms with E-state index < -0.39 is 0 Å². The van der Waals surface area contributed by atoms with Crippen LogP contribution in [0.5, 0.6) is 0 Å². The van der Waals surface area contributed by atoms with Crippen molar-refractivity contribution in [1.29, 1.82) is 5.26 Å². The van der Waals surface area contributed by atoms with Crippen molar-refractivity contribution in [3.63, 3.8) is 0 Å². The summed E-state index contributed by atoms with van der Waals surface area (Å²) in [4.78, 5) is 2.29. The summed E-state index contributed by atoms with van der Waals surface area (Å²) in [6, 6.07) is 10.9. The minimum Gasteiger partial charge on any atom is -0.306 e. The summed E-state index contributed by atoms with van der Waals surface area (Å²) in [6.45, 7) is 2.03. The van der Waals surface area contributed by atoms with Crippen LogP contribution in [0.1, 0.15) is 18.4 Å². The summed E-state index contributed by atoms with van der Waals surface area (Å²) in [6.07, 6.45) is 1.89. The van der Waals surface area contributed by atoms with Crippen LogP contribution in [-0.2, 0) is 5.41 Å². The summed E-state index contributed by atoms with van der Waals surface area (Å²) < 4.78 is 1.22. The van der Waals surface area contributed by atoms with Crippen LogP contribution in [-0.4, -0.2) is 25.0 Å². The van der Waals surface area contributed by atoms with Gasteiger partial charge < -0.3 is 4.90 Å². The summed E-state index contributed by atoms with van der Waals surface area (Å²) in [5, 5.41) is 9.48. The monoisotopic (exact) mass is 362 g/mol. The van der Waals surface area contributed by atoms with Crippen molar-refractivity contribution in [3.05, 3.63) is 33.4 Å². The fraction of sp³-hybridized carbons (Fsp3) is 0.462. The van der Waals surface area contributed by atoms with Gasteiger partial charge in [0.15, 0.2) is 0 Å². The molecule has 0 bridgehead atoms. The molecule has 4 heteroatoms. The number of rotatable bonds is 1. The van der Waals surface area contributed by atoms with Gasteiger partial charge in [0.05, 0.1) is 11.5 Å². The molecule has 1 saturated heterocycles. The van der Waals surface area contributed by atoms with Crippen molar-refractivity contribution in [1.82, 2.24) is 4.90 Å². The van der Waals surface area contributed by atoms with Gasteiger partial charge in [0.2, 0.25) is 0 Å². The van der Waals surface area contributed by atoms with Gasteiger partial charge in [-0.2, -0.15) is 5.26 Å². The smallest absolute Gasteiger partial charge is 0.0846 e. The van der Waals surface area contributed by atoms with Crippen LogP contribution in [0.4, 0.5) is 0 Å². The zero-order chi connectivity index (χ0) is 11.6. The van der Waals surface area contributed by atoms with E-state index in [4.69, 9.17) is 0 Å². The Balaban J connectivity index is 0.00000144. The molecule has 92 valence electrons. The number of nitrogens with zero attached hydrogens (tertiary/aromatic N) is 2. The molecular weight excluding hydrogens is 347 g/mol. The maximum Gasteiger partial charge on any atom is 0.0846 e. The lowest BCUT2D eigenvalue weighted by molar-refractivity contribution is 0.222. The molecule has 0 spiro atoms. The molecule has 0 N–H and O–H groups in total. The second-order valence-electron chi connectivity index (χ2n) is 4.50. The highest BCUT2D eigenvalue weighted by molar-refractivity contribution is 14.1. The van der Waals surface area contributed by atoms with Crippen LogP contribution in [0, 0.1) is 14.9 Å². The summed E-state index contributed by atoms with van der Waals surface area (Å²) in [7, 11) is 2.12. The number of halogens is 2. The fourth-order valence-electron chi connectivity index (χ4n) is 2.23. The molecule has 2 nitrogen and oxygen atoms in total. The molecule has 0 unspecified atom stereocenters. The quantitative estimate of drug-likeness (QED) is 0.717. The van der Waals surface area contributed by atoms with Crippen molar-refractivity contribution in [2.45, 2.75) is 18.3 Å². The Hall–Kier alpha value is -0.310. The first-order valence-corrected chi connectivity index (χ1v) is 6.60. The van der Waals surface area contributed by atoms with E-state index in [-0.39, 0.29) is 17.8 Å². The molecule has 1 aliphatic heterocycles. The van der Waals surface area contributed by atoms with Gasteiger partial charge in [-0.05, 0) is 73.3 Å². The van der Waals surface area contributed by atoms with Crippen LogP contribution >= 0.6 is 35.0 Å².